The Morgan fingerprint density at radius 2 is 2.00 bits per heavy atom. The number of H-pyrrole nitrogens is 1. The van der Waals surface area contributed by atoms with Crippen molar-refractivity contribution >= 4 is 28.6 Å². The number of carbonyl (C=O) groups excluding carboxylic acids is 1. The Bertz CT molecular complexity index is 889. The molecule has 0 bridgehead atoms. The third kappa shape index (κ3) is 2.51. The predicted octanol–water partition coefficient (Wildman–Crippen LogP) is 2.65. The summed E-state index contributed by atoms with van der Waals surface area (Å²) in [5, 5.41) is 11.5. The minimum atomic E-state index is -1.32. The van der Waals surface area contributed by atoms with E-state index in [1.807, 2.05) is 0 Å². The van der Waals surface area contributed by atoms with Gasteiger partial charge in [-0.2, -0.15) is 0 Å². The molecule has 0 aliphatic heterocycles. The largest absolute Gasteiger partial charge is 0.478 e. The van der Waals surface area contributed by atoms with E-state index in [0.717, 1.165) is 12.1 Å². The van der Waals surface area contributed by atoms with Crippen molar-refractivity contribution in [2.75, 3.05) is 5.32 Å². The quantitative estimate of drug-likeness (QED) is 0.693. The van der Waals surface area contributed by atoms with E-state index in [1.54, 1.807) is 18.2 Å². The minimum Gasteiger partial charge on any atom is -0.478 e. The number of carbonyl (C=O) groups is 2. The van der Waals surface area contributed by atoms with E-state index < -0.39 is 17.7 Å². The lowest BCUT2D eigenvalue weighted by molar-refractivity contribution is 0.0697. The van der Waals surface area contributed by atoms with Crippen LogP contribution in [0.1, 0.15) is 20.7 Å². The first-order valence-electron chi connectivity index (χ1n) is 6.32. The van der Waals surface area contributed by atoms with Crippen LogP contribution in [0.15, 0.2) is 42.7 Å². The number of hydrogen-bond donors (Lipinski definition) is 3. The Hall–Kier alpha value is -3.22. The topological polar surface area (TPSA) is 95.1 Å². The minimum absolute atomic E-state index is 0.0311. The molecule has 1 amide bonds. The fraction of sp³-hybridized carbons (Fsp3) is 0. The molecule has 1 heterocycles. The third-order valence-corrected chi connectivity index (χ3v) is 3.14. The zero-order valence-electron chi connectivity index (χ0n) is 11.1. The Morgan fingerprint density at radius 3 is 2.77 bits per heavy atom. The van der Waals surface area contributed by atoms with Gasteiger partial charge in [0.15, 0.2) is 0 Å². The molecule has 0 spiro atoms. The van der Waals surface area contributed by atoms with Crippen LogP contribution in [0.5, 0.6) is 0 Å². The Labute approximate surface area is 123 Å². The third-order valence-electron chi connectivity index (χ3n) is 3.14. The van der Waals surface area contributed by atoms with E-state index in [2.05, 4.69) is 15.3 Å². The van der Waals surface area contributed by atoms with Crippen molar-refractivity contribution in [1.82, 2.24) is 9.97 Å². The summed E-state index contributed by atoms with van der Waals surface area (Å²) >= 11 is 0. The maximum Gasteiger partial charge on any atom is 0.337 e. The van der Waals surface area contributed by atoms with Gasteiger partial charge in [-0.05, 0) is 36.4 Å². The van der Waals surface area contributed by atoms with Gasteiger partial charge in [0.05, 0.1) is 28.6 Å². The molecule has 3 aromatic rings. The van der Waals surface area contributed by atoms with Gasteiger partial charge in [0, 0.05) is 5.56 Å². The Balaban J connectivity index is 1.92. The molecule has 0 aliphatic rings. The number of benzene rings is 2. The van der Waals surface area contributed by atoms with E-state index in [4.69, 9.17) is 5.11 Å². The number of fused-ring (bicyclic) bond motifs is 1. The number of carboxylic acids is 1. The Morgan fingerprint density at radius 1 is 1.18 bits per heavy atom. The number of amides is 1. The van der Waals surface area contributed by atoms with E-state index in [0.29, 0.717) is 16.6 Å². The number of nitrogens with one attached hydrogen (secondary N) is 2. The van der Waals surface area contributed by atoms with Crippen LogP contribution in [-0.4, -0.2) is 27.0 Å². The lowest BCUT2D eigenvalue weighted by Gasteiger charge is -2.08. The molecular formula is C15H10FN3O3. The summed E-state index contributed by atoms with van der Waals surface area (Å²) in [5.41, 5.74) is 1.45. The maximum absolute atomic E-state index is 13.1. The molecule has 2 aromatic carbocycles. The lowest BCUT2D eigenvalue weighted by Crippen LogP contribution is -2.15. The number of rotatable bonds is 3. The average molecular weight is 299 g/mol. The molecular weight excluding hydrogens is 289 g/mol. The number of aromatic carboxylic acids is 1. The van der Waals surface area contributed by atoms with Crippen LogP contribution >= 0.6 is 0 Å². The normalized spacial score (nSPS) is 10.6. The molecule has 110 valence electrons. The highest BCUT2D eigenvalue weighted by atomic mass is 19.1. The first-order chi connectivity index (χ1) is 10.5. The Kier molecular flexibility index (Phi) is 3.30. The van der Waals surface area contributed by atoms with Gasteiger partial charge in [-0.25, -0.2) is 14.2 Å². The van der Waals surface area contributed by atoms with Gasteiger partial charge in [0.25, 0.3) is 5.91 Å². The summed E-state index contributed by atoms with van der Waals surface area (Å²) in [6, 6.07) is 8.00. The SMILES string of the molecule is O=C(Nc1ccc(F)cc1C(=O)O)c1ccc2nc[nH]c2c1. The zero-order valence-corrected chi connectivity index (χ0v) is 11.1. The van der Waals surface area contributed by atoms with Crippen LogP contribution in [0.2, 0.25) is 0 Å². The van der Waals surface area contributed by atoms with Crippen molar-refractivity contribution in [3.05, 3.63) is 59.7 Å². The molecule has 7 heteroatoms. The summed E-state index contributed by atoms with van der Waals surface area (Å²) in [4.78, 5) is 30.2. The van der Waals surface area contributed by atoms with Crippen LogP contribution in [0.3, 0.4) is 0 Å². The van der Waals surface area contributed by atoms with Gasteiger partial charge < -0.3 is 15.4 Å². The predicted molar refractivity (Wildman–Crippen MR) is 77.4 cm³/mol. The second-order valence-corrected chi connectivity index (χ2v) is 4.58. The summed E-state index contributed by atoms with van der Waals surface area (Å²) in [6.45, 7) is 0. The van der Waals surface area contributed by atoms with Crippen molar-refractivity contribution in [3.8, 4) is 0 Å². The molecule has 0 saturated carbocycles. The monoisotopic (exact) mass is 299 g/mol. The summed E-state index contributed by atoms with van der Waals surface area (Å²) in [7, 11) is 0. The van der Waals surface area contributed by atoms with Gasteiger partial charge in [-0.15, -0.1) is 0 Å². The van der Waals surface area contributed by atoms with Gasteiger partial charge in [-0.3, -0.25) is 4.79 Å². The van der Waals surface area contributed by atoms with E-state index in [-0.39, 0.29) is 11.3 Å². The average Bonchev–Trinajstić information content (AvgIpc) is 2.96. The molecule has 1 aromatic heterocycles. The van der Waals surface area contributed by atoms with Crippen molar-refractivity contribution < 1.29 is 19.1 Å². The lowest BCUT2D eigenvalue weighted by atomic mass is 10.1. The van der Waals surface area contributed by atoms with Crippen LogP contribution < -0.4 is 5.32 Å². The summed E-state index contributed by atoms with van der Waals surface area (Å²) in [5.74, 6) is -2.50. The van der Waals surface area contributed by atoms with E-state index >= 15 is 0 Å². The number of nitrogens with zero attached hydrogens (tertiary/aromatic N) is 1. The van der Waals surface area contributed by atoms with Crippen molar-refractivity contribution in [3.63, 3.8) is 0 Å². The molecule has 3 N–H and O–H groups in total. The number of carboxylic acid groups (broad SMARTS) is 1. The molecule has 0 fully saturated rings. The highest BCUT2D eigenvalue weighted by molar-refractivity contribution is 6.08. The molecule has 0 radical (unpaired) electrons. The van der Waals surface area contributed by atoms with Crippen LogP contribution in [-0.2, 0) is 0 Å². The molecule has 22 heavy (non-hydrogen) atoms. The van der Waals surface area contributed by atoms with E-state index in [9.17, 15) is 14.0 Å². The fourth-order valence-electron chi connectivity index (χ4n) is 2.07. The summed E-state index contributed by atoms with van der Waals surface area (Å²) in [6.07, 6.45) is 1.51. The van der Waals surface area contributed by atoms with Crippen molar-refractivity contribution in [2.45, 2.75) is 0 Å². The first-order valence-corrected chi connectivity index (χ1v) is 6.32. The van der Waals surface area contributed by atoms with Crippen LogP contribution in [0, 0.1) is 5.82 Å². The van der Waals surface area contributed by atoms with Crippen molar-refractivity contribution in [1.29, 1.82) is 0 Å². The molecule has 3 rings (SSSR count). The fourth-order valence-corrected chi connectivity index (χ4v) is 2.07. The standard InChI is InChI=1S/C15H10FN3O3/c16-9-2-4-11(10(6-9)15(21)22)19-14(20)8-1-3-12-13(5-8)18-7-17-12/h1-7H,(H,17,18)(H,19,20)(H,21,22). The number of aromatic amines is 1. The smallest absolute Gasteiger partial charge is 0.337 e. The number of halogens is 1. The molecule has 0 aliphatic carbocycles. The van der Waals surface area contributed by atoms with Gasteiger partial charge in [0.2, 0.25) is 0 Å². The maximum atomic E-state index is 13.1. The number of hydrogen-bond acceptors (Lipinski definition) is 3. The number of aromatic nitrogens is 2. The van der Waals surface area contributed by atoms with Crippen LogP contribution in [0.25, 0.3) is 11.0 Å². The van der Waals surface area contributed by atoms with Crippen molar-refractivity contribution in [2.24, 2.45) is 0 Å². The molecule has 0 saturated heterocycles. The molecule has 6 nitrogen and oxygen atoms in total. The zero-order chi connectivity index (χ0) is 15.7. The van der Waals surface area contributed by atoms with Crippen LogP contribution in [0.4, 0.5) is 10.1 Å². The molecule has 0 atom stereocenters. The van der Waals surface area contributed by atoms with Gasteiger partial charge in [0.1, 0.15) is 5.82 Å². The number of anilines is 1. The first kappa shape index (κ1) is 13.7. The van der Waals surface area contributed by atoms with E-state index in [1.165, 1.54) is 12.4 Å². The molecule has 0 unspecified atom stereocenters. The second kappa shape index (κ2) is 5.28. The van der Waals surface area contributed by atoms with Gasteiger partial charge >= 0.3 is 5.97 Å². The van der Waals surface area contributed by atoms with Gasteiger partial charge in [-0.1, -0.05) is 0 Å². The highest BCUT2D eigenvalue weighted by Crippen LogP contribution is 2.19. The number of imidazole rings is 1. The second-order valence-electron chi connectivity index (χ2n) is 4.58. The summed E-state index contributed by atoms with van der Waals surface area (Å²) < 4.78 is 13.1. The highest BCUT2D eigenvalue weighted by Gasteiger charge is 2.15.